The number of aliphatic hydroxyl groups excluding tert-OH is 1. The van der Waals surface area contributed by atoms with Crippen LogP contribution >= 0.6 is 0 Å². The van der Waals surface area contributed by atoms with E-state index in [1.54, 1.807) is 0 Å². The maximum absolute atomic E-state index is 13.4. The third kappa shape index (κ3) is 6.84. The predicted molar refractivity (Wildman–Crippen MR) is 167 cm³/mol. The first-order valence-electron chi connectivity index (χ1n) is 15.8. The van der Waals surface area contributed by atoms with E-state index in [9.17, 15) is 18.3 Å². The van der Waals surface area contributed by atoms with Crippen molar-refractivity contribution in [3.8, 4) is 0 Å². The van der Waals surface area contributed by atoms with Crippen LogP contribution in [0.2, 0.25) is 18.1 Å². The van der Waals surface area contributed by atoms with Gasteiger partial charge in [0.1, 0.15) is 6.10 Å². The lowest BCUT2D eigenvalue weighted by Gasteiger charge is -2.45. The second-order valence-electron chi connectivity index (χ2n) is 14.9. The summed E-state index contributed by atoms with van der Waals surface area (Å²) in [5.41, 5.74) is 4.69. The fourth-order valence-corrected chi connectivity index (χ4v) is 7.74. The summed E-state index contributed by atoms with van der Waals surface area (Å²) in [4.78, 5) is 9.54. The van der Waals surface area contributed by atoms with Gasteiger partial charge in [0.05, 0.1) is 36.3 Å². The van der Waals surface area contributed by atoms with E-state index in [1.165, 1.54) is 6.07 Å². The van der Waals surface area contributed by atoms with Crippen molar-refractivity contribution in [2.24, 2.45) is 5.41 Å². The van der Waals surface area contributed by atoms with Crippen LogP contribution in [0.3, 0.4) is 0 Å². The minimum Gasteiger partial charge on any atom is -0.410 e. The van der Waals surface area contributed by atoms with Crippen LogP contribution in [0.1, 0.15) is 118 Å². The van der Waals surface area contributed by atoms with Crippen molar-refractivity contribution in [1.29, 1.82) is 0 Å². The molecular formula is C34H47F3N2O4Si. The fraction of sp³-hybridized carbons (Fsp3) is 0.647. The number of hydrogen-bond acceptors (Lipinski definition) is 6. The molecule has 1 aliphatic carbocycles. The molecule has 0 spiro atoms. The molecule has 0 saturated carbocycles. The third-order valence-electron chi connectivity index (χ3n) is 9.89. The van der Waals surface area contributed by atoms with E-state index in [1.807, 2.05) is 0 Å². The first-order chi connectivity index (χ1) is 20.5. The van der Waals surface area contributed by atoms with Crippen LogP contribution in [-0.4, -0.2) is 49.8 Å². The number of fused-ring (bicyclic) bond motifs is 1. The van der Waals surface area contributed by atoms with Crippen molar-refractivity contribution >= 4 is 13.9 Å². The van der Waals surface area contributed by atoms with Gasteiger partial charge in [-0.3, -0.25) is 9.97 Å². The summed E-state index contributed by atoms with van der Waals surface area (Å²) >= 11 is 0. The molecular weight excluding hydrogens is 585 g/mol. The van der Waals surface area contributed by atoms with Gasteiger partial charge >= 0.3 is 6.18 Å². The lowest BCUT2D eigenvalue weighted by Crippen LogP contribution is -2.44. The number of hydrogen-bond donors (Lipinski definition) is 1. The molecule has 2 atom stereocenters. The second-order valence-corrected chi connectivity index (χ2v) is 19.6. The van der Waals surface area contributed by atoms with E-state index < -0.39 is 26.2 Å². The SMILES string of the molecule is CC1(C)Cc2nc(C3CCOCC3)c(C(O)c3ccc(C(F)(F)F)cn3)c(C3=CCOCC3)c2[C@@H](O[Si](C)(C)C(C)(C)C)C1. The zero-order valence-electron chi connectivity index (χ0n) is 27.1. The Hall–Kier alpha value is -2.11. The molecule has 242 valence electrons. The molecule has 0 radical (unpaired) electrons. The van der Waals surface area contributed by atoms with Crippen LogP contribution in [0.15, 0.2) is 24.4 Å². The smallest absolute Gasteiger partial charge is 0.410 e. The molecule has 2 aromatic rings. The van der Waals surface area contributed by atoms with Crippen molar-refractivity contribution in [3.05, 3.63) is 63.7 Å². The second kappa shape index (κ2) is 12.2. The Morgan fingerprint density at radius 3 is 2.34 bits per heavy atom. The lowest BCUT2D eigenvalue weighted by atomic mass is 9.71. The van der Waals surface area contributed by atoms with Crippen molar-refractivity contribution < 1.29 is 32.2 Å². The normalized spacial score (nSPS) is 22.3. The number of halogens is 3. The quantitative estimate of drug-likeness (QED) is 0.323. The molecule has 0 aromatic carbocycles. The van der Waals surface area contributed by atoms with E-state index in [4.69, 9.17) is 18.9 Å². The molecule has 2 aliphatic heterocycles. The van der Waals surface area contributed by atoms with Gasteiger partial charge in [-0.25, -0.2) is 0 Å². The molecule has 6 nitrogen and oxygen atoms in total. The molecule has 3 aliphatic rings. The van der Waals surface area contributed by atoms with Crippen LogP contribution in [0.25, 0.3) is 5.57 Å². The van der Waals surface area contributed by atoms with Gasteiger partial charge in [0, 0.05) is 42.1 Å². The number of aliphatic hydroxyl groups is 1. The van der Waals surface area contributed by atoms with Crippen molar-refractivity contribution in [3.63, 3.8) is 0 Å². The maximum atomic E-state index is 13.4. The molecule has 1 N–H and O–H groups in total. The molecule has 10 heteroatoms. The van der Waals surface area contributed by atoms with Crippen molar-refractivity contribution in [2.45, 2.75) is 109 Å². The summed E-state index contributed by atoms with van der Waals surface area (Å²) < 4.78 is 58.9. The highest BCUT2D eigenvalue weighted by Gasteiger charge is 2.45. The monoisotopic (exact) mass is 632 g/mol. The van der Waals surface area contributed by atoms with E-state index in [-0.39, 0.29) is 28.2 Å². The minimum atomic E-state index is -4.52. The average molecular weight is 633 g/mol. The molecule has 2 aromatic heterocycles. The Kier molecular flexibility index (Phi) is 9.25. The highest BCUT2D eigenvalue weighted by Crippen LogP contribution is 2.52. The van der Waals surface area contributed by atoms with E-state index in [2.05, 4.69) is 58.8 Å². The molecule has 0 amide bonds. The Labute approximate surface area is 260 Å². The van der Waals surface area contributed by atoms with Gasteiger partial charge in [-0.2, -0.15) is 13.2 Å². The van der Waals surface area contributed by atoms with Crippen LogP contribution < -0.4 is 0 Å². The standard InChI is InChI=1S/C34H47F3N2O4Si/c1-32(2,3)44(6,7)43-26-19-33(4,5)18-25-28(26)27(21-10-14-41-15-11-21)29(30(39-25)22-12-16-42-17-13-22)31(40)24-9-8-23(20-38-24)34(35,36)37/h8-10,20,22,26,31,40H,11-19H2,1-7H3/t26-,31?/m0/s1. The van der Waals surface area contributed by atoms with Crippen LogP contribution in [0, 0.1) is 5.41 Å². The predicted octanol–water partition coefficient (Wildman–Crippen LogP) is 8.31. The average Bonchev–Trinajstić information content (AvgIpc) is 2.95. The summed E-state index contributed by atoms with van der Waals surface area (Å²) in [5.74, 6) is 0.0390. The zero-order valence-corrected chi connectivity index (χ0v) is 28.1. The van der Waals surface area contributed by atoms with Crippen LogP contribution in [-0.2, 0) is 26.5 Å². The maximum Gasteiger partial charge on any atom is 0.417 e. The molecule has 1 unspecified atom stereocenters. The largest absolute Gasteiger partial charge is 0.417 e. The summed E-state index contributed by atoms with van der Waals surface area (Å²) in [5, 5.41) is 12.1. The van der Waals surface area contributed by atoms with Crippen molar-refractivity contribution in [1.82, 2.24) is 9.97 Å². The van der Waals surface area contributed by atoms with Gasteiger partial charge in [-0.05, 0) is 78.9 Å². The van der Waals surface area contributed by atoms with Gasteiger partial charge in [0.15, 0.2) is 8.32 Å². The number of nitrogens with zero attached hydrogens (tertiary/aromatic N) is 2. The van der Waals surface area contributed by atoms with E-state index in [0.29, 0.717) is 38.4 Å². The highest BCUT2D eigenvalue weighted by molar-refractivity contribution is 6.74. The number of ether oxygens (including phenoxy) is 2. The molecule has 44 heavy (non-hydrogen) atoms. The zero-order chi connectivity index (χ0) is 32.1. The Balaban J connectivity index is 1.78. The molecule has 5 rings (SSSR count). The summed E-state index contributed by atoms with van der Waals surface area (Å²) in [6.45, 7) is 17.9. The van der Waals surface area contributed by atoms with Gasteiger partial charge in [-0.15, -0.1) is 0 Å². The lowest BCUT2D eigenvalue weighted by molar-refractivity contribution is -0.137. The van der Waals surface area contributed by atoms with Gasteiger partial charge < -0.3 is 19.0 Å². The van der Waals surface area contributed by atoms with Crippen LogP contribution in [0.5, 0.6) is 0 Å². The summed E-state index contributed by atoms with van der Waals surface area (Å²) in [7, 11) is -2.24. The van der Waals surface area contributed by atoms with Crippen LogP contribution in [0.4, 0.5) is 13.2 Å². The first-order valence-corrected chi connectivity index (χ1v) is 18.7. The molecule has 1 fully saturated rings. The molecule has 0 bridgehead atoms. The molecule has 4 heterocycles. The Morgan fingerprint density at radius 1 is 1.07 bits per heavy atom. The van der Waals surface area contributed by atoms with Gasteiger partial charge in [0.25, 0.3) is 0 Å². The number of aromatic nitrogens is 2. The van der Waals surface area contributed by atoms with E-state index >= 15 is 0 Å². The summed E-state index contributed by atoms with van der Waals surface area (Å²) in [6.07, 6.45) is 0.575. The Morgan fingerprint density at radius 2 is 1.77 bits per heavy atom. The van der Waals surface area contributed by atoms with Gasteiger partial charge in [-0.1, -0.05) is 40.7 Å². The third-order valence-corrected chi connectivity index (χ3v) is 14.4. The topological polar surface area (TPSA) is 73.7 Å². The Bertz CT molecular complexity index is 1380. The van der Waals surface area contributed by atoms with E-state index in [0.717, 1.165) is 66.0 Å². The minimum absolute atomic E-state index is 0.0190. The van der Waals surface area contributed by atoms with Crippen molar-refractivity contribution in [2.75, 3.05) is 26.4 Å². The number of rotatable bonds is 6. The van der Waals surface area contributed by atoms with Gasteiger partial charge in [0.2, 0.25) is 0 Å². The highest BCUT2D eigenvalue weighted by atomic mass is 28.4. The summed E-state index contributed by atoms with van der Waals surface area (Å²) in [6, 6.07) is 2.28. The number of alkyl halides is 3. The molecule has 1 saturated heterocycles. The number of pyridine rings is 2. The fourth-order valence-electron chi connectivity index (χ4n) is 6.47. The first kappa shape index (κ1) is 33.3.